The van der Waals surface area contributed by atoms with Crippen molar-refractivity contribution >= 4 is 11.4 Å². The number of alkyl halides is 1. The Morgan fingerprint density at radius 3 is 2.74 bits per heavy atom. The number of nitrogens with two attached hydrogens (primary N) is 1. The van der Waals surface area contributed by atoms with Gasteiger partial charge in [-0.3, -0.25) is 9.38 Å². The van der Waals surface area contributed by atoms with Crippen molar-refractivity contribution in [3.63, 3.8) is 0 Å². The number of anilines is 1. The lowest BCUT2D eigenvalue weighted by molar-refractivity contribution is 0.495. The molecule has 1 heterocycles. The first-order valence-electron chi connectivity index (χ1n) is 9.49. The van der Waals surface area contributed by atoms with Gasteiger partial charge in [0, 0.05) is 31.1 Å². The summed E-state index contributed by atoms with van der Waals surface area (Å²) in [6.45, 7) is 8.64. The standard InChI is InChI=1S/C22H31FN4/c1-5-17(3)21(22(24)25-4)27(15-19-10-9-16(2)14-26-19)20-8-6-7-18(13-20)11-12-23/h6-8,13-14,25H,3,5,9-12,15,24H2,1-2,4H3/b22-21-. The van der Waals surface area contributed by atoms with Crippen LogP contribution in [-0.2, 0) is 6.42 Å². The number of nitrogens with zero attached hydrogens (tertiary/aromatic N) is 2. The Balaban J connectivity index is 2.50. The smallest absolute Gasteiger partial charge is 0.120 e. The molecular formula is C22H31FN4. The molecule has 0 saturated carbocycles. The molecule has 1 aromatic rings. The molecule has 0 atom stereocenters. The number of aliphatic imine (C=N–C) groups is 1. The van der Waals surface area contributed by atoms with Crippen molar-refractivity contribution in [1.82, 2.24) is 5.32 Å². The molecule has 2 rings (SSSR count). The summed E-state index contributed by atoms with van der Waals surface area (Å²) in [4.78, 5) is 6.77. The van der Waals surface area contributed by atoms with Crippen LogP contribution in [0.2, 0.25) is 0 Å². The van der Waals surface area contributed by atoms with Crippen molar-refractivity contribution in [3.05, 3.63) is 65.3 Å². The van der Waals surface area contributed by atoms with Gasteiger partial charge in [-0.2, -0.15) is 0 Å². The fraction of sp³-hybridized carbons (Fsp3) is 0.409. The number of halogens is 1. The first kappa shape index (κ1) is 20.7. The van der Waals surface area contributed by atoms with Crippen LogP contribution in [0.3, 0.4) is 0 Å². The van der Waals surface area contributed by atoms with E-state index in [1.165, 1.54) is 5.57 Å². The lowest BCUT2D eigenvalue weighted by Crippen LogP contribution is -2.35. The highest BCUT2D eigenvalue weighted by atomic mass is 19.1. The van der Waals surface area contributed by atoms with E-state index in [2.05, 4.69) is 35.6 Å². The Labute approximate surface area is 162 Å². The van der Waals surface area contributed by atoms with Crippen molar-refractivity contribution < 1.29 is 4.39 Å². The van der Waals surface area contributed by atoms with Gasteiger partial charge in [0.15, 0.2) is 0 Å². The number of allylic oxidation sites excluding steroid dienone is 2. The van der Waals surface area contributed by atoms with Crippen molar-refractivity contribution in [1.29, 1.82) is 0 Å². The van der Waals surface area contributed by atoms with Gasteiger partial charge < -0.3 is 16.0 Å². The highest BCUT2D eigenvalue weighted by Crippen LogP contribution is 2.28. The van der Waals surface area contributed by atoms with Crippen LogP contribution in [0.4, 0.5) is 10.1 Å². The maximum atomic E-state index is 12.9. The van der Waals surface area contributed by atoms with Gasteiger partial charge in [0.25, 0.3) is 0 Å². The van der Waals surface area contributed by atoms with Gasteiger partial charge in [-0.1, -0.05) is 31.2 Å². The number of aryl methyl sites for hydroxylation is 1. The van der Waals surface area contributed by atoms with E-state index < -0.39 is 0 Å². The lowest BCUT2D eigenvalue weighted by Gasteiger charge is -2.31. The van der Waals surface area contributed by atoms with Gasteiger partial charge in [-0.15, -0.1) is 0 Å². The number of benzene rings is 1. The van der Waals surface area contributed by atoms with E-state index in [9.17, 15) is 4.39 Å². The zero-order valence-corrected chi connectivity index (χ0v) is 16.7. The predicted molar refractivity (Wildman–Crippen MR) is 114 cm³/mol. The van der Waals surface area contributed by atoms with Crippen LogP contribution in [0.1, 0.15) is 38.7 Å². The average Bonchev–Trinajstić information content (AvgIpc) is 2.69. The van der Waals surface area contributed by atoms with Gasteiger partial charge in [0.1, 0.15) is 5.82 Å². The van der Waals surface area contributed by atoms with E-state index in [-0.39, 0.29) is 6.67 Å². The summed E-state index contributed by atoms with van der Waals surface area (Å²) >= 11 is 0. The van der Waals surface area contributed by atoms with Gasteiger partial charge in [-0.05, 0) is 49.5 Å². The molecule has 146 valence electrons. The Morgan fingerprint density at radius 1 is 1.37 bits per heavy atom. The monoisotopic (exact) mass is 370 g/mol. The molecule has 0 fully saturated rings. The summed E-state index contributed by atoms with van der Waals surface area (Å²) < 4.78 is 12.9. The molecule has 0 bridgehead atoms. The second kappa shape index (κ2) is 9.95. The Kier molecular flexibility index (Phi) is 7.65. The first-order valence-corrected chi connectivity index (χ1v) is 9.49. The third kappa shape index (κ3) is 5.46. The molecule has 0 saturated heterocycles. The number of hydrogen-bond acceptors (Lipinski definition) is 4. The number of nitrogens with one attached hydrogen (secondary N) is 1. The predicted octanol–water partition coefficient (Wildman–Crippen LogP) is 4.46. The van der Waals surface area contributed by atoms with Crippen LogP contribution in [0.25, 0.3) is 0 Å². The molecule has 0 unspecified atom stereocenters. The number of rotatable bonds is 9. The van der Waals surface area contributed by atoms with Crippen LogP contribution >= 0.6 is 0 Å². The Hall–Kier alpha value is -2.56. The van der Waals surface area contributed by atoms with Crippen molar-refractivity contribution in [2.75, 3.05) is 25.2 Å². The molecule has 0 amide bonds. The van der Waals surface area contributed by atoms with E-state index >= 15 is 0 Å². The summed E-state index contributed by atoms with van der Waals surface area (Å²) in [7, 11) is 1.81. The van der Waals surface area contributed by atoms with Crippen molar-refractivity contribution in [2.45, 2.75) is 39.5 Å². The Bertz CT molecular complexity index is 761. The summed E-state index contributed by atoms with van der Waals surface area (Å²) in [5.41, 5.74) is 12.4. The average molecular weight is 371 g/mol. The van der Waals surface area contributed by atoms with Crippen LogP contribution < -0.4 is 16.0 Å². The molecule has 0 aliphatic carbocycles. The van der Waals surface area contributed by atoms with E-state index in [0.717, 1.165) is 47.5 Å². The van der Waals surface area contributed by atoms with E-state index in [4.69, 9.17) is 5.73 Å². The minimum Gasteiger partial charge on any atom is -0.384 e. The SMILES string of the molecule is C=C(CC)/C(=C(\N)NC)N(CC1=NC=C(C)CC1)c1cccc(CCF)c1. The van der Waals surface area contributed by atoms with Crippen molar-refractivity contribution in [3.8, 4) is 0 Å². The molecule has 1 aliphatic rings. The lowest BCUT2D eigenvalue weighted by atomic mass is 10.0. The first-order chi connectivity index (χ1) is 13.0. The molecule has 0 spiro atoms. The Morgan fingerprint density at radius 2 is 2.15 bits per heavy atom. The van der Waals surface area contributed by atoms with Gasteiger partial charge in [0.2, 0.25) is 0 Å². The number of hydrogen-bond donors (Lipinski definition) is 2. The van der Waals surface area contributed by atoms with Gasteiger partial charge >= 0.3 is 0 Å². The minimum absolute atomic E-state index is 0.372. The molecule has 0 aromatic heterocycles. The highest BCUT2D eigenvalue weighted by Gasteiger charge is 2.20. The fourth-order valence-electron chi connectivity index (χ4n) is 3.08. The molecule has 0 radical (unpaired) electrons. The van der Waals surface area contributed by atoms with Crippen LogP contribution in [0, 0.1) is 0 Å². The third-order valence-electron chi connectivity index (χ3n) is 4.78. The molecule has 1 aromatic carbocycles. The summed E-state index contributed by atoms with van der Waals surface area (Å²) in [5, 5.41) is 3.06. The summed E-state index contributed by atoms with van der Waals surface area (Å²) in [6, 6.07) is 7.96. The van der Waals surface area contributed by atoms with Gasteiger partial charge in [-0.25, -0.2) is 0 Å². The zero-order valence-electron chi connectivity index (χ0n) is 16.7. The largest absolute Gasteiger partial charge is 0.384 e. The van der Waals surface area contributed by atoms with Crippen LogP contribution in [-0.4, -0.2) is 26.0 Å². The molecule has 5 heteroatoms. The van der Waals surface area contributed by atoms with Crippen molar-refractivity contribution in [2.24, 2.45) is 10.7 Å². The summed E-state index contributed by atoms with van der Waals surface area (Å²) in [6.07, 6.45) is 5.07. The van der Waals surface area contributed by atoms with E-state index in [1.54, 1.807) is 7.05 Å². The normalized spacial score (nSPS) is 14.8. The molecule has 27 heavy (non-hydrogen) atoms. The van der Waals surface area contributed by atoms with Gasteiger partial charge in [0.05, 0.1) is 18.9 Å². The quantitative estimate of drug-likeness (QED) is 0.631. The van der Waals surface area contributed by atoms with E-state index in [1.807, 2.05) is 30.5 Å². The third-order valence-corrected chi connectivity index (χ3v) is 4.78. The van der Waals surface area contributed by atoms with Crippen LogP contribution in [0.5, 0.6) is 0 Å². The second-order valence-electron chi connectivity index (χ2n) is 6.84. The second-order valence-corrected chi connectivity index (χ2v) is 6.84. The topological polar surface area (TPSA) is 53.6 Å². The van der Waals surface area contributed by atoms with Crippen LogP contribution in [0.15, 0.2) is 64.7 Å². The fourth-order valence-corrected chi connectivity index (χ4v) is 3.08. The maximum Gasteiger partial charge on any atom is 0.120 e. The summed E-state index contributed by atoms with van der Waals surface area (Å²) in [5.74, 6) is 0.570. The van der Waals surface area contributed by atoms with E-state index in [0.29, 0.717) is 18.8 Å². The zero-order chi connectivity index (χ0) is 19.8. The molecule has 1 aliphatic heterocycles. The highest BCUT2D eigenvalue weighted by molar-refractivity contribution is 5.91. The minimum atomic E-state index is -0.372. The molecule has 3 N–H and O–H groups in total. The molecular weight excluding hydrogens is 339 g/mol. The molecule has 4 nitrogen and oxygen atoms in total. The maximum absolute atomic E-state index is 12.9.